The SMILES string of the molecule is CNC(Cc1cccc(C(F)(F)F)c1)C1CCCC1C. The van der Waals surface area contributed by atoms with Crippen LogP contribution in [0.1, 0.15) is 37.3 Å². The van der Waals surface area contributed by atoms with Gasteiger partial charge in [-0.3, -0.25) is 0 Å². The van der Waals surface area contributed by atoms with E-state index in [1.54, 1.807) is 6.07 Å². The molecule has 20 heavy (non-hydrogen) atoms. The fourth-order valence-corrected chi connectivity index (χ4v) is 3.37. The minimum Gasteiger partial charge on any atom is -0.316 e. The van der Waals surface area contributed by atoms with Crippen LogP contribution in [-0.2, 0) is 12.6 Å². The molecule has 3 atom stereocenters. The highest BCUT2D eigenvalue weighted by Gasteiger charge is 2.32. The highest BCUT2D eigenvalue weighted by atomic mass is 19.4. The lowest BCUT2D eigenvalue weighted by Gasteiger charge is -2.27. The molecule has 1 nitrogen and oxygen atoms in total. The predicted molar refractivity (Wildman–Crippen MR) is 74.5 cm³/mol. The Labute approximate surface area is 118 Å². The van der Waals surface area contributed by atoms with Gasteiger partial charge in [0.1, 0.15) is 0 Å². The summed E-state index contributed by atoms with van der Waals surface area (Å²) in [4.78, 5) is 0. The number of halogens is 3. The molecule has 0 radical (unpaired) electrons. The lowest BCUT2D eigenvalue weighted by Crippen LogP contribution is -2.36. The van der Waals surface area contributed by atoms with E-state index in [0.717, 1.165) is 11.6 Å². The Bertz CT molecular complexity index is 442. The normalized spacial score (nSPS) is 24.9. The van der Waals surface area contributed by atoms with Crippen molar-refractivity contribution in [2.24, 2.45) is 11.8 Å². The molecular weight excluding hydrogens is 263 g/mol. The Morgan fingerprint density at radius 2 is 2.05 bits per heavy atom. The number of alkyl halides is 3. The van der Waals surface area contributed by atoms with E-state index in [9.17, 15) is 13.2 Å². The number of hydrogen-bond donors (Lipinski definition) is 1. The van der Waals surface area contributed by atoms with E-state index < -0.39 is 11.7 Å². The van der Waals surface area contributed by atoms with Gasteiger partial charge in [-0.05, 0) is 43.4 Å². The van der Waals surface area contributed by atoms with E-state index >= 15 is 0 Å². The van der Waals surface area contributed by atoms with Gasteiger partial charge in [0.2, 0.25) is 0 Å². The summed E-state index contributed by atoms with van der Waals surface area (Å²) in [6.07, 6.45) is 0.0326. The number of likely N-dealkylation sites (N-methyl/N-ethyl adjacent to an activating group) is 1. The monoisotopic (exact) mass is 285 g/mol. The molecule has 1 aromatic carbocycles. The molecule has 4 heteroatoms. The topological polar surface area (TPSA) is 12.0 Å². The molecule has 0 bridgehead atoms. The maximum absolute atomic E-state index is 12.7. The van der Waals surface area contributed by atoms with Crippen LogP contribution in [0.25, 0.3) is 0 Å². The first kappa shape index (κ1) is 15.4. The van der Waals surface area contributed by atoms with Crippen molar-refractivity contribution < 1.29 is 13.2 Å². The van der Waals surface area contributed by atoms with Crippen LogP contribution in [0.2, 0.25) is 0 Å². The first-order valence-electron chi connectivity index (χ1n) is 7.25. The van der Waals surface area contributed by atoms with E-state index in [4.69, 9.17) is 0 Å². The Balaban J connectivity index is 2.11. The second-order valence-electron chi connectivity index (χ2n) is 5.87. The summed E-state index contributed by atoms with van der Waals surface area (Å²) in [7, 11) is 1.91. The molecular formula is C16H22F3N. The van der Waals surface area contributed by atoms with Crippen molar-refractivity contribution in [3.8, 4) is 0 Å². The van der Waals surface area contributed by atoms with Crippen LogP contribution in [-0.4, -0.2) is 13.1 Å². The lowest BCUT2D eigenvalue weighted by atomic mass is 9.86. The third kappa shape index (κ3) is 3.54. The molecule has 1 aliphatic rings. The Morgan fingerprint density at radius 3 is 2.60 bits per heavy atom. The Hall–Kier alpha value is -1.03. The zero-order valence-corrected chi connectivity index (χ0v) is 12.0. The highest BCUT2D eigenvalue weighted by Crippen LogP contribution is 2.35. The first-order chi connectivity index (χ1) is 9.41. The average molecular weight is 285 g/mol. The van der Waals surface area contributed by atoms with Gasteiger partial charge in [0.05, 0.1) is 5.56 Å². The van der Waals surface area contributed by atoms with Crippen LogP contribution in [0, 0.1) is 11.8 Å². The van der Waals surface area contributed by atoms with Crippen LogP contribution < -0.4 is 5.32 Å². The molecule has 0 aliphatic heterocycles. The Kier molecular flexibility index (Phi) is 4.74. The zero-order chi connectivity index (χ0) is 14.8. The van der Waals surface area contributed by atoms with Gasteiger partial charge in [-0.15, -0.1) is 0 Å². The van der Waals surface area contributed by atoms with E-state index in [1.165, 1.54) is 31.4 Å². The van der Waals surface area contributed by atoms with Crippen molar-refractivity contribution in [3.63, 3.8) is 0 Å². The van der Waals surface area contributed by atoms with E-state index in [-0.39, 0.29) is 6.04 Å². The lowest BCUT2D eigenvalue weighted by molar-refractivity contribution is -0.137. The third-order valence-electron chi connectivity index (χ3n) is 4.53. The summed E-state index contributed by atoms with van der Waals surface area (Å²) in [6.45, 7) is 2.24. The van der Waals surface area contributed by atoms with Crippen molar-refractivity contribution in [2.45, 2.75) is 44.8 Å². The van der Waals surface area contributed by atoms with Crippen LogP contribution in [0.5, 0.6) is 0 Å². The minimum absolute atomic E-state index is 0.260. The van der Waals surface area contributed by atoms with Crippen molar-refractivity contribution in [1.29, 1.82) is 0 Å². The zero-order valence-electron chi connectivity index (χ0n) is 12.0. The molecule has 0 spiro atoms. The van der Waals surface area contributed by atoms with Gasteiger partial charge in [-0.1, -0.05) is 38.0 Å². The van der Waals surface area contributed by atoms with Crippen molar-refractivity contribution >= 4 is 0 Å². The van der Waals surface area contributed by atoms with Crippen molar-refractivity contribution in [2.75, 3.05) is 7.05 Å². The van der Waals surface area contributed by atoms with Gasteiger partial charge >= 0.3 is 6.18 Å². The van der Waals surface area contributed by atoms with Gasteiger partial charge in [-0.25, -0.2) is 0 Å². The molecule has 3 unspecified atom stereocenters. The van der Waals surface area contributed by atoms with Crippen LogP contribution in [0.3, 0.4) is 0 Å². The second kappa shape index (κ2) is 6.17. The van der Waals surface area contributed by atoms with Crippen LogP contribution in [0.15, 0.2) is 24.3 Å². The smallest absolute Gasteiger partial charge is 0.316 e. The van der Waals surface area contributed by atoms with E-state index in [0.29, 0.717) is 18.3 Å². The van der Waals surface area contributed by atoms with E-state index in [1.807, 2.05) is 7.05 Å². The van der Waals surface area contributed by atoms with Crippen molar-refractivity contribution in [3.05, 3.63) is 35.4 Å². The molecule has 1 fully saturated rings. The molecule has 112 valence electrons. The summed E-state index contributed by atoms with van der Waals surface area (Å²) in [5.41, 5.74) is 0.211. The first-order valence-corrected chi connectivity index (χ1v) is 7.25. The molecule has 1 aromatic rings. The fourth-order valence-electron chi connectivity index (χ4n) is 3.37. The molecule has 1 aliphatic carbocycles. The molecule has 0 amide bonds. The maximum atomic E-state index is 12.7. The standard InChI is InChI=1S/C16H22F3N/c1-11-5-3-8-14(11)15(20-2)10-12-6-4-7-13(9-12)16(17,18)19/h4,6-7,9,11,14-15,20H,3,5,8,10H2,1-2H3. The third-order valence-corrected chi connectivity index (χ3v) is 4.53. The van der Waals surface area contributed by atoms with Gasteiger partial charge < -0.3 is 5.32 Å². The average Bonchev–Trinajstić information content (AvgIpc) is 2.81. The Morgan fingerprint density at radius 1 is 1.30 bits per heavy atom. The predicted octanol–water partition coefficient (Wildman–Crippen LogP) is 4.27. The number of hydrogen-bond acceptors (Lipinski definition) is 1. The number of rotatable bonds is 4. The minimum atomic E-state index is -4.26. The summed E-state index contributed by atoms with van der Waals surface area (Å²) in [5, 5.41) is 3.30. The molecule has 2 rings (SSSR count). The van der Waals surface area contributed by atoms with Gasteiger partial charge in [0, 0.05) is 6.04 Å². The fraction of sp³-hybridized carbons (Fsp3) is 0.625. The van der Waals surface area contributed by atoms with Gasteiger partial charge in [0.15, 0.2) is 0 Å². The van der Waals surface area contributed by atoms with Crippen LogP contribution in [0.4, 0.5) is 13.2 Å². The molecule has 1 N–H and O–H groups in total. The number of nitrogens with one attached hydrogen (secondary N) is 1. The second-order valence-corrected chi connectivity index (χ2v) is 5.87. The van der Waals surface area contributed by atoms with Gasteiger partial charge in [0.25, 0.3) is 0 Å². The summed E-state index contributed by atoms with van der Waals surface area (Å²) < 4.78 is 38.2. The molecule has 0 aromatic heterocycles. The summed E-state index contributed by atoms with van der Waals surface area (Å²) in [5.74, 6) is 1.22. The van der Waals surface area contributed by atoms with Crippen molar-refractivity contribution in [1.82, 2.24) is 5.32 Å². The van der Waals surface area contributed by atoms with E-state index in [2.05, 4.69) is 12.2 Å². The quantitative estimate of drug-likeness (QED) is 0.871. The molecule has 0 saturated heterocycles. The van der Waals surface area contributed by atoms with Crippen LogP contribution >= 0.6 is 0 Å². The highest BCUT2D eigenvalue weighted by molar-refractivity contribution is 5.26. The molecule has 1 saturated carbocycles. The molecule has 0 heterocycles. The summed E-state index contributed by atoms with van der Waals surface area (Å²) in [6, 6.07) is 5.97. The largest absolute Gasteiger partial charge is 0.416 e. The number of benzene rings is 1. The summed E-state index contributed by atoms with van der Waals surface area (Å²) >= 11 is 0. The van der Waals surface area contributed by atoms with Gasteiger partial charge in [-0.2, -0.15) is 13.2 Å². The maximum Gasteiger partial charge on any atom is 0.416 e.